The van der Waals surface area contributed by atoms with Gasteiger partial charge in [0.1, 0.15) is 5.82 Å². The van der Waals surface area contributed by atoms with Crippen LogP contribution in [0.25, 0.3) is 0 Å². The normalized spacial score (nSPS) is 10.5. The van der Waals surface area contributed by atoms with Gasteiger partial charge in [-0.15, -0.1) is 10.2 Å². The van der Waals surface area contributed by atoms with E-state index in [0.717, 1.165) is 11.3 Å². The number of thioether (sulfide) groups is 1. The summed E-state index contributed by atoms with van der Waals surface area (Å²) in [6.07, 6.45) is 0. The van der Waals surface area contributed by atoms with Crippen LogP contribution in [0.1, 0.15) is 11.1 Å². The molecule has 0 saturated heterocycles. The molecule has 3 aromatic rings. The number of anilines is 3. The number of carbonyl (C=O) groups excluding carboxylic acids is 2. The summed E-state index contributed by atoms with van der Waals surface area (Å²) in [6.45, 7) is 3.90. The van der Waals surface area contributed by atoms with E-state index in [1.165, 1.54) is 52.9 Å². The van der Waals surface area contributed by atoms with Gasteiger partial charge in [-0.05, 0) is 55.3 Å². The van der Waals surface area contributed by atoms with E-state index in [0.29, 0.717) is 15.2 Å². The quantitative estimate of drug-likeness (QED) is 0.456. The first-order valence-corrected chi connectivity index (χ1v) is 10.8. The molecule has 3 rings (SSSR count). The van der Waals surface area contributed by atoms with Crippen molar-refractivity contribution in [1.29, 1.82) is 0 Å². The van der Waals surface area contributed by atoms with E-state index >= 15 is 0 Å². The van der Waals surface area contributed by atoms with Gasteiger partial charge in [-0.3, -0.25) is 9.59 Å². The van der Waals surface area contributed by atoms with Crippen molar-refractivity contribution in [3.63, 3.8) is 0 Å². The summed E-state index contributed by atoms with van der Waals surface area (Å²) in [7, 11) is 0. The van der Waals surface area contributed by atoms with Gasteiger partial charge in [0.25, 0.3) is 0 Å². The third-order valence-electron chi connectivity index (χ3n) is 4.15. The van der Waals surface area contributed by atoms with E-state index in [9.17, 15) is 14.0 Å². The number of aromatic nitrogens is 2. The molecule has 2 amide bonds. The molecule has 0 bridgehead atoms. The maximum atomic E-state index is 12.9. The van der Waals surface area contributed by atoms with E-state index in [4.69, 9.17) is 0 Å². The zero-order valence-corrected chi connectivity index (χ0v) is 18.0. The van der Waals surface area contributed by atoms with Gasteiger partial charge in [-0.25, -0.2) is 4.39 Å². The Labute approximate surface area is 181 Å². The van der Waals surface area contributed by atoms with Crippen molar-refractivity contribution in [2.45, 2.75) is 18.2 Å². The van der Waals surface area contributed by atoms with Crippen LogP contribution in [-0.4, -0.2) is 34.3 Å². The fraction of sp³-hybridized carbons (Fsp3) is 0.200. The Morgan fingerprint density at radius 2 is 1.83 bits per heavy atom. The van der Waals surface area contributed by atoms with E-state index < -0.39 is 5.91 Å². The van der Waals surface area contributed by atoms with Crippen molar-refractivity contribution >= 4 is 51.4 Å². The predicted octanol–water partition coefficient (Wildman–Crippen LogP) is 3.88. The van der Waals surface area contributed by atoms with E-state index in [1.54, 1.807) is 0 Å². The molecule has 0 unspecified atom stereocenters. The van der Waals surface area contributed by atoms with Crippen molar-refractivity contribution in [3.05, 3.63) is 59.4 Å². The molecule has 30 heavy (non-hydrogen) atoms. The molecule has 1 aromatic heterocycles. The van der Waals surface area contributed by atoms with Gasteiger partial charge in [0.2, 0.25) is 16.9 Å². The molecule has 1 heterocycles. The number of carbonyl (C=O) groups is 2. The van der Waals surface area contributed by atoms with Crippen molar-refractivity contribution in [2.75, 3.05) is 22.9 Å². The number of amides is 2. The van der Waals surface area contributed by atoms with Crippen LogP contribution in [0.2, 0.25) is 0 Å². The summed E-state index contributed by atoms with van der Waals surface area (Å²) in [4.78, 5) is 23.8. The Morgan fingerprint density at radius 1 is 1.07 bits per heavy atom. The third-order valence-corrected chi connectivity index (χ3v) is 6.13. The molecule has 0 fully saturated rings. The molecule has 156 valence electrons. The SMILES string of the molecule is Cc1cccc(Nc2nnc(SCC(=O)NCC(=O)Nc3ccc(F)cc3)s2)c1C. The lowest BCUT2D eigenvalue weighted by atomic mass is 10.1. The second kappa shape index (κ2) is 10.2. The number of hydrogen-bond donors (Lipinski definition) is 3. The number of benzene rings is 2. The molecule has 3 N–H and O–H groups in total. The highest BCUT2D eigenvalue weighted by Crippen LogP contribution is 2.29. The van der Waals surface area contributed by atoms with Crippen LogP contribution in [0.15, 0.2) is 46.8 Å². The van der Waals surface area contributed by atoms with Crippen molar-refractivity contribution in [1.82, 2.24) is 15.5 Å². The Kier molecular flexibility index (Phi) is 7.36. The van der Waals surface area contributed by atoms with E-state index in [2.05, 4.69) is 26.1 Å². The standard InChI is InChI=1S/C20H20FN5O2S2/c1-12-4-3-5-16(13(12)2)24-19-25-26-20(30-19)29-11-18(28)22-10-17(27)23-15-8-6-14(21)7-9-15/h3-9H,10-11H2,1-2H3,(H,22,28)(H,23,27)(H,24,25). The molecule has 0 aliphatic heterocycles. The van der Waals surface area contributed by atoms with Crippen LogP contribution in [0.3, 0.4) is 0 Å². The summed E-state index contributed by atoms with van der Waals surface area (Å²) in [5.74, 6) is -0.964. The first-order valence-electron chi connectivity index (χ1n) is 9.02. The summed E-state index contributed by atoms with van der Waals surface area (Å²) in [5, 5.41) is 17.2. The second-order valence-electron chi connectivity index (χ2n) is 6.37. The maximum Gasteiger partial charge on any atom is 0.243 e. The summed E-state index contributed by atoms with van der Waals surface area (Å²) in [6, 6.07) is 11.4. The van der Waals surface area contributed by atoms with Gasteiger partial charge < -0.3 is 16.0 Å². The fourth-order valence-electron chi connectivity index (χ4n) is 2.42. The summed E-state index contributed by atoms with van der Waals surface area (Å²) >= 11 is 2.60. The lowest BCUT2D eigenvalue weighted by Crippen LogP contribution is -2.33. The predicted molar refractivity (Wildman–Crippen MR) is 118 cm³/mol. The molecule has 0 spiro atoms. The second-order valence-corrected chi connectivity index (χ2v) is 8.57. The van der Waals surface area contributed by atoms with Gasteiger partial charge in [-0.2, -0.15) is 0 Å². The average Bonchev–Trinajstić information content (AvgIpc) is 3.17. The number of hydrogen-bond acceptors (Lipinski definition) is 7. The highest BCUT2D eigenvalue weighted by Gasteiger charge is 2.11. The van der Waals surface area contributed by atoms with Crippen LogP contribution in [0.4, 0.5) is 20.9 Å². The zero-order chi connectivity index (χ0) is 21.5. The molecule has 7 nitrogen and oxygen atoms in total. The number of halogens is 1. The van der Waals surface area contributed by atoms with E-state index in [1.807, 2.05) is 32.0 Å². The van der Waals surface area contributed by atoms with E-state index in [-0.39, 0.29) is 24.0 Å². The topological polar surface area (TPSA) is 96.0 Å². The van der Waals surface area contributed by atoms with Gasteiger partial charge >= 0.3 is 0 Å². The van der Waals surface area contributed by atoms with Crippen molar-refractivity contribution in [3.8, 4) is 0 Å². The summed E-state index contributed by atoms with van der Waals surface area (Å²) < 4.78 is 13.5. The maximum absolute atomic E-state index is 12.9. The molecule has 0 radical (unpaired) electrons. The number of rotatable bonds is 8. The van der Waals surface area contributed by atoms with Crippen LogP contribution < -0.4 is 16.0 Å². The molecule has 0 saturated carbocycles. The Morgan fingerprint density at radius 3 is 2.60 bits per heavy atom. The highest BCUT2D eigenvalue weighted by atomic mass is 32.2. The highest BCUT2D eigenvalue weighted by molar-refractivity contribution is 8.01. The van der Waals surface area contributed by atoms with Gasteiger partial charge in [0.15, 0.2) is 4.34 Å². The number of nitrogens with one attached hydrogen (secondary N) is 3. The molecule has 2 aromatic carbocycles. The Hall–Kier alpha value is -2.98. The molecule has 0 aliphatic rings. The lowest BCUT2D eigenvalue weighted by Gasteiger charge is -2.08. The van der Waals surface area contributed by atoms with Crippen molar-refractivity contribution in [2.24, 2.45) is 0 Å². The Bertz CT molecular complexity index is 1040. The molecule has 0 atom stereocenters. The minimum absolute atomic E-state index is 0.113. The average molecular weight is 446 g/mol. The van der Waals surface area contributed by atoms with Crippen molar-refractivity contribution < 1.29 is 14.0 Å². The summed E-state index contributed by atoms with van der Waals surface area (Å²) in [5.41, 5.74) is 3.75. The van der Waals surface area contributed by atoms with Gasteiger partial charge in [0, 0.05) is 11.4 Å². The zero-order valence-electron chi connectivity index (χ0n) is 16.4. The van der Waals surface area contributed by atoms with Crippen LogP contribution in [0, 0.1) is 19.7 Å². The number of nitrogens with zero attached hydrogens (tertiary/aromatic N) is 2. The lowest BCUT2D eigenvalue weighted by molar-refractivity contribution is -0.122. The molecule has 10 heteroatoms. The van der Waals surface area contributed by atoms with Crippen LogP contribution in [-0.2, 0) is 9.59 Å². The fourth-order valence-corrected chi connectivity index (χ4v) is 4.01. The van der Waals surface area contributed by atoms with Gasteiger partial charge in [-0.1, -0.05) is 35.2 Å². The minimum atomic E-state index is -0.393. The molecule has 0 aliphatic carbocycles. The Balaban J connectivity index is 1.42. The molecular weight excluding hydrogens is 425 g/mol. The smallest absolute Gasteiger partial charge is 0.243 e. The minimum Gasteiger partial charge on any atom is -0.346 e. The van der Waals surface area contributed by atoms with Crippen LogP contribution in [0.5, 0.6) is 0 Å². The molecular formula is C20H20FN5O2S2. The van der Waals surface area contributed by atoms with Crippen LogP contribution >= 0.6 is 23.1 Å². The van der Waals surface area contributed by atoms with Gasteiger partial charge in [0.05, 0.1) is 12.3 Å². The third kappa shape index (κ3) is 6.26. The largest absolute Gasteiger partial charge is 0.346 e. The first-order chi connectivity index (χ1) is 14.4. The number of aryl methyl sites for hydroxylation is 1. The monoisotopic (exact) mass is 445 g/mol. The first kappa shape index (κ1) is 21.7.